The molecular weight excluding hydrogens is 445 g/mol. The van der Waals surface area contributed by atoms with Crippen molar-refractivity contribution in [2.24, 2.45) is 0 Å². The zero-order valence-electron chi connectivity index (χ0n) is 19.7. The Morgan fingerprint density at radius 1 is 1.18 bits per heavy atom. The van der Waals surface area contributed by atoms with Crippen molar-refractivity contribution in [2.45, 2.75) is 64.3 Å². The molecule has 1 aromatic rings. The van der Waals surface area contributed by atoms with E-state index in [9.17, 15) is 28.7 Å². The predicted molar refractivity (Wildman–Crippen MR) is 120 cm³/mol. The van der Waals surface area contributed by atoms with Gasteiger partial charge < -0.3 is 20.2 Å². The average Bonchev–Trinajstić information content (AvgIpc) is 2.79. The van der Waals surface area contributed by atoms with E-state index in [2.05, 4.69) is 5.32 Å². The Hall–Kier alpha value is -3.21. The number of aliphatic carboxylic acids is 1. The predicted octanol–water partition coefficient (Wildman–Crippen LogP) is 1.62. The van der Waals surface area contributed by atoms with Gasteiger partial charge in [-0.2, -0.15) is 0 Å². The first-order chi connectivity index (χ1) is 16.2. The largest absolute Gasteiger partial charge is 0.481 e. The summed E-state index contributed by atoms with van der Waals surface area (Å²) in [6, 6.07) is 4.25. The van der Waals surface area contributed by atoms with Crippen LogP contribution in [-0.4, -0.2) is 87.1 Å². The smallest absolute Gasteiger partial charge is 0.334 e. The third-order valence-corrected chi connectivity index (χ3v) is 6.47. The number of halogens is 1. The van der Waals surface area contributed by atoms with Crippen LogP contribution in [-0.2, 0) is 20.9 Å². The summed E-state index contributed by atoms with van der Waals surface area (Å²) in [7, 11) is 1.62. The lowest BCUT2D eigenvalue weighted by atomic mass is 9.98. The summed E-state index contributed by atoms with van der Waals surface area (Å²) < 4.78 is 13.2. The number of hydrazine groups is 1. The molecule has 2 aliphatic rings. The summed E-state index contributed by atoms with van der Waals surface area (Å²) in [5, 5.41) is 14.9. The first-order valence-electron chi connectivity index (χ1n) is 11.5. The van der Waals surface area contributed by atoms with Gasteiger partial charge in [-0.1, -0.05) is 26.0 Å². The molecule has 0 saturated carbocycles. The Kier molecular flexibility index (Phi) is 8.08. The molecule has 0 bridgehead atoms. The molecule has 0 aromatic heterocycles. The molecule has 0 radical (unpaired) electrons. The number of carbonyl (C=O) groups is 4. The number of rotatable bonds is 8. The van der Waals surface area contributed by atoms with Crippen LogP contribution in [0.3, 0.4) is 0 Å². The van der Waals surface area contributed by atoms with Gasteiger partial charge in [-0.05, 0) is 37.0 Å². The van der Waals surface area contributed by atoms with E-state index in [-0.39, 0.29) is 56.1 Å². The minimum atomic E-state index is -1.06. The van der Waals surface area contributed by atoms with Crippen molar-refractivity contribution in [1.82, 2.24) is 25.1 Å². The van der Waals surface area contributed by atoms with Gasteiger partial charge in [0.1, 0.15) is 18.0 Å². The number of nitrogens with one attached hydrogen (secondary N) is 1. The Morgan fingerprint density at radius 2 is 1.82 bits per heavy atom. The third kappa shape index (κ3) is 5.30. The normalized spacial score (nSPS) is 21.1. The molecule has 2 atom stereocenters. The first kappa shape index (κ1) is 25.4. The van der Waals surface area contributed by atoms with Crippen LogP contribution in [0.1, 0.15) is 45.1 Å². The van der Waals surface area contributed by atoms with Crippen molar-refractivity contribution in [3.8, 4) is 0 Å². The van der Waals surface area contributed by atoms with Crippen LogP contribution in [0.15, 0.2) is 24.3 Å². The van der Waals surface area contributed by atoms with E-state index in [0.29, 0.717) is 18.4 Å². The Bertz CT molecular complexity index is 923. The highest BCUT2D eigenvalue weighted by Crippen LogP contribution is 2.30. The zero-order valence-corrected chi connectivity index (χ0v) is 19.7. The second-order valence-corrected chi connectivity index (χ2v) is 8.64. The van der Waals surface area contributed by atoms with Gasteiger partial charge in [0, 0.05) is 26.1 Å². The maximum absolute atomic E-state index is 13.4. The van der Waals surface area contributed by atoms with Crippen LogP contribution < -0.4 is 5.32 Å². The molecule has 3 rings (SSSR count). The highest BCUT2D eigenvalue weighted by atomic mass is 19.1. The molecule has 2 saturated heterocycles. The molecule has 2 N–H and O–H groups in total. The van der Waals surface area contributed by atoms with Crippen molar-refractivity contribution in [2.75, 3.05) is 20.1 Å². The fourth-order valence-corrected chi connectivity index (χ4v) is 4.72. The second kappa shape index (κ2) is 10.8. The van der Waals surface area contributed by atoms with Gasteiger partial charge in [0.15, 0.2) is 0 Å². The molecule has 0 aliphatic carbocycles. The summed E-state index contributed by atoms with van der Waals surface area (Å²) in [6.07, 6.45) is 0.331. The van der Waals surface area contributed by atoms with Crippen LogP contribution in [0.4, 0.5) is 9.18 Å². The van der Waals surface area contributed by atoms with Gasteiger partial charge in [-0.25, -0.2) is 19.2 Å². The molecule has 2 fully saturated rings. The van der Waals surface area contributed by atoms with Crippen molar-refractivity contribution < 1.29 is 28.7 Å². The number of carbonyl (C=O) groups excluding carboxylic acids is 3. The Balaban J connectivity index is 1.88. The van der Waals surface area contributed by atoms with Crippen molar-refractivity contribution in [3.05, 3.63) is 35.6 Å². The molecule has 10 nitrogen and oxygen atoms in total. The fourth-order valence-electron chi connectivity index (χ4n) is 4.72. The van der Waals surface area contributed by atoms with E-state index < -0.39 is 24.2 Å². The summed E-state index contributed by atoms with van der Waals surface area (Å²) in [6.45, 7) is 4.09. The average molecular weight is 478 g/mol. The van der Waals surface area contributed by atoms with E-state index >= 15 is 0 Å². The van der Waals surface area contributed by atoms with Crippen molar-refractivity contribution >= 4 is 23.8 Å². The molecule has 4 amide bonds. The topological polar surface area (TPSA) is 114 Å². The van der Waals surface area contributed by atoms with Crippen LogP contribution in [0.25, 0.3) is 0 Å². The van der Waals surface area contributed by atoms with Crippen LogP contribution >= 0.6 is 0 Å². The van der Waals surface area contributed by atoms with Crippen LogP contribution in [0.2, 0.25) is 0 Å². The monoisotopic (exact) mass is 477 g/mol. The lowest BCUT2D eigenvalue weighted by Crippen LogP contribution is -2.76. The van der Waals surface area contributed by atoms with Gasteiger partial charge >= 0.3 is 12.0 Å². The number of piperazine rings is 1. The maximum atomic E-state index is 13.4. The molecule has 0 unspecified atom stereocenters. The van der Waals surface area contributed by atoms with Crippen LogP contribution in [0.5, 0.6) is 0 Å². The highest BCUT2D eigenvalue weighted by molar-refractivity contribution is 5.92. The minimum Gasteiger partial charge on any atom is -0.481 e. The quantitative estimate of drug-likeness (QED) is 0.588. The van der Waals surface area contributed by atoms with E-state index in [4.69, 9.17) is 0 Å². The maximum Gasteiger partial charge on any atom is 0.334 e. The summed E-state index contributed by atoms with van der Waals surface area (Å²) in [4.78, 5) is 53.9. The number of carboxylic acids is 1. The summed E-state index contributed by atoms with van der Waals surface area (Å²) in [5.74, 6) is -2.04. The van der Waals surface area contributed by atoms with E-state index in [1.54, 1.807) is 24.1 Å². The first-order valence-corrected chi connectivity index (χ1v) is 11.5. The molecule has 2 heterocycles. The fraction of sp³-hybridized carbons (Fsp3) is 0.565. The Labute approximate surface area is 198 Å². The number of carboxylic acid groups (broad SMARTS) is 1. The minimum absolute atomic E-state index is 0.0260. The Morgan fingerprint density at radius 3 is 2.41 bits per heavy atom. The number of urea groups is 1. The van der Waals surface area contributed by atoms with Crippen molar-refractivity contribution in [1.29, 1.82) is 0 Å². The standard InChI is InChI=1S/C23H32FN5O5/c1-4-17(5-2)27-13-19-28(18(22(27)33)10-11-21(31)32)20(30)14-26(3)29(19)23(34)25-12-15-6-8-16(24)9-7-15/h6-9,17-19H,4-5,10-14H2,1-3H3,(H,25,34)(H,31,32)/t18-,19-/m0/s1. The molecule has 34 heavy (non-hydrogen) atoms. The van der Waals surface area contributed by atoms with Gasteiger partial charge in [-0.15, -0.1) is 0 Å². The lowest BCUT2D eigenvalue weighted by molar-refractivity contribution is -0.190. The highest BCUT2D eigenvalue weighted by Gasteiger charge is 2.51. The summed E-state index contributed by atoms with van der Waals surface area (Å²) in [5.41, 5.74) is 0.708. The molecule has 2 aliphatic heterocycles. The van der Waals surface area contributed by atoms with Gasteiger partial charge in [-0.3, -0.25) is 14.4 Å². The van der Waals surface area contributed by atoms with E-state index in [1.807, 2.05) is 13.8 Å². The van der Waals surface area contributed by atoms with Gasteiger partial charge in [0.25, 0.3) is 0 Å². The number of hydrogen-bond donors (Lipinski definition) is 2. The number of fused-ring (bicyclic) bond motifs is 1. The number of likely N-dealkylation sites (N-methyl/N-ethyl adjacent to an activating group) is 1. The molecule has 1 aromatic carbocycles. The number of amides is 4. The van der Waals surface area contributed by atoms with Gasteiger partial charge in [0.2, 0.25) is 11.8 Å². The zero-order chi connectivity index (χ0) is 25.0. The third-order valence-electron chi connectivity index (χ3n) is 6.47. The van der Waals surface area contributed by atoms with Crippen LogP contribution in [0, 0.1) is 5.82 Å². The van der Waals surface area contributed by atoms with Gasteiger partial charge in [0.05, 0.1) is 13.1 Å². The molecular formula is C23H32FN5O5. The number of nitrogens with zero attached hydrogens (tertiary/aromatic N) is 4. The van der Waals surface area contributed by atoms with E-state index in [0.717, 1.165) is 0 Å². The molecule has 11 heteroatoms. The second-order valence-electron chi connectivity index (χ2n) is 8.64. The lowest BCUT2D eigenvalue weighted by Gasteiger charge is -2.55. The molecule has 0 spiro atoms. The van der Waals surface area contributed by atoms with Crippen molar-refractivity contribution in [3.63, 3.8) is 0 Å². The molecule has 186 valence electrons. The number of hydrogen-bond acceptors (Lipinski definition) is 5. The van der Waals surface area contributed by atoms with E-state index in [1.165, 1.54) is 27.1 Å². The summed E-state index contributed by atoms with van der Waals surface area (Å²) >= 11 is 0. The SMILES string of the molecule is CCC(CC)N1C[C@H]2N(C(=O)CN(C)N2C(=O)NCc2ccc(F)cc2)[C@@H](CCC(=O)O)C1=O. The number of benzene rings is 1.